The van der Waals surface area contributed by atoms with Gasteiger partial charge in [0.05, 0.1) is 6.20 Å². The van der Waals surface area contributed by atoms with E-state index in [4.69, 9.17) is 0 Å². The fourth-order valence-electron chi connectivity index (χ4n) is 1.20. The molecule has 0 bridgehead atoms. The van der Waals surface area contributed by atoms with Gasteiger partial charge in [-0.1, -0.05) is 0 Å². The molecular formula is C10H9BrN4O. The average molecular weight is 281 g/mol. The van der Waals surface area contributed by atoms with Crippen LogP contribution >= 0.6 is 15.9 Å². The zero-order valence-electron chi connectivity index (χ0n) is 8.49. The van der Waals surface area contributed by atoms with Gasteiger partial charge in [-0.2, -0.15) is 5.10 Å². The van der Waals surface area contributed by atoms with Crippen LogP contribution in [0.1, 0.15) is 15.9 Å². The number of nitrogens with zero attached hydrogens (tertiary/aromatic N) is 2. The molecule has 0 aliphatic carbocycles. The zero-order valence-corrected chi connectivity index (χ0v) is 10.1. The van der Waals surface area contributed by atoms with Gasteiger partial charge in [-0.15, -0.1) is 0 Å². The van der Waals surface area contributed by atoms with Gasteiger partial charge in [0.25, 0.3) is 5.91 Å². The number of hydrogen-bond donors (Lipinski definition) is 2. The summed E-state index contributed by atoms with van der Waals surface area (Å²) in [5, 5.41) is 9.26. The zero-order chi connectivity index (χ0) is 11.5. The van der Waals surface area contributed by atoms with Gasteiger partial charge in [-0.3, -0.25) is 9.89 Å². The Morgan fingerprint density at radius 2 is 2.38 bits per heavy atom. The number of nitrogens with one attached hydrogen (secondary N) is 2. The topological polar surface area (TPSA) is 70.7 Å². The van der Waals surface area contributed by atoms with Crippen molar-refractivity contribution < 1.29 is 4.79 Å². The van der Waals surface area contributed by atoms with Crippen LogP contribution < -0.4 is 5.32 Å². The first-order valence-corrected chi connectivity index (χ1v) is 5.39. The summed E-state index contributed by atoms with van der Waals surface area (Å²) >= 11 is 3.21. The van der Waals surface area contributed by atoms with Crippen LogP contribution in [0, 0.1) is 6.92 Å². The van der Waals surface area contributed by atoms with Crippen LogP contribution in [-0.2, 0) is 0 Å². The van der Waals surface area contributed by atoms with Crippen molar-refractivity contribution in [2.45, 2.75) is 6.92 Å². The number of aromatic nitrogens is 3. The van der Waals surface area contributed by atoms with E-state index in [2.05, 4.69) is 36.4 Å². The van der Waals surface area contributed by atoms with Crippen LogP contribution in [0.15, 0.2) is 29.1 Å². The molecule has 0 unspecified atom stereocenters. The van der Waals surface area contributed by atoms with Crippen LogP contribution in [0.3, 0.4) is 0 Å². The molecule has 2 rings (SSSR count). The smallest absolute Gasteiger partial charge is 0.256 e. The summed E-state index contributed by atoms with van der Waals surface area (Å²) in [5.74, 6) is 0.411. The largest absolute Gasteiger partial charge is 0.307 e. The molecule has 0 aromatic carbocycles. The highest BCUT2D eigenvalue weighted by Crippen LogP contribution is 2.12. The third-order valence-electron chi connectivity index (χ3n) is 2.06. The number of carbonyl (C=O) groups excluding carboxylic acids is 1. The van der Waals surface area contributed by atoms with E-state index >= 15 is 0 Å². The number of rotatable bonds is 2. The summed E-state index contributed by atoms with van der Waals surface area (Å²) < 4.78 is 0.626. The molecule has 0 atom stereocenters. The van der Waals surface area contributed by atoms with E-state index in [-0.39, 0.29) is 5.91 Å². The van der Waals surface area contributed by atoms with Gasteiger partial charge < -0.3 is 5.32 Å². The molecule has 2 aromatic heterocycles. The molecule has 16 heavy (non-hydrogen) atoms. The second-order valence-corrected chi connectivity index (χ2v) is 4.06. The van der Waals surface area contributed by atoms with E-state index in [1.807, 2.05) is 6.92 Å². The summed E-state index contributed by atoms with van der Waals surface area (Å²) in [6.45, 7) is 1.86. The van der Waals surface area contributed by atoms with Crippen LogP contribution in [0.2, 0.25) is 0 Å². The Morgan fingerprint density at radius 1 is 1.56 bits per heavy atom. The second-order valence-electron chi connectivity index (χ2n) is 3.25. The highest BCUT2D eigenvalue weighted by Gasteiger charge is 2.09. The maximum Gasteiger partial charge on any atom is 0.256 e. The SMILES string of the molecule is Cc1cn[nH]c1NC(=O)c1ccnc(Br)c1. The number of halogens is 1. The number of amides is 1. The van der Waals surface area contributed by atoms with E-state index < -0.39 is 0 Å². The van der Waals surface area contributed by atoms with Crippen molar-refractivity contribution in [3.63, 3.8) is 0 Å². The van der Waals surface area contributed by atoms with E-state index in [0.717, 1.165) is 5.56 Å². The molecule has 0 fully saturated rings. The summed E-state index contributed by atoms with van der Waals surface area (Å²) in [6, 6.07) is 3.30. The van der Waals surface area contributed by atoms with Gasteiger partial charge in [-0.05, 0) is 35.0 Å². The maximum absolute atomic E-state index is 11.8. The van der Waals surface area contributed by atoms with Gasteiger partial charge in [-0.25, -0.2) is 4.98 Å². The van der Waals surface area contributed by atoms with E-state index in [1.54, 1.807) is 24.5 Å². The van der Waals surface area contributed by atoms with Crippen LogP contribution in [-0.4, -0.2) is 21.1 Å². The Labute approximate surface area is 100 Å². The molecule has 0 saturated heterocycles. The fourth-order valence-corrected chi connectivity index (χ4v) is 1.57. The first kappa shape index (κ1) is 10.8. The monoisotopic (exact) mass is 280 g/mol. The number of carbonyl (C=O) groups is 1. The Morgan fingerprint density at radius 3 is 3.00 bits per heavy atom. The highest BCUT2D eigenvalue weighted by molar-refractivity contribution is 9.10. The first-order valence-electron chi connectivity index (χ1n) is 4.59. The van der Waals surface area contributed by atoms with Crippen molar-refractivity contribution in [3.8, 4) is 0 Å². The molecule has 1 amide bonds. The number of aromatic amines is 1. The van der Waals surface area contributed by atoms with Crippen molar-refractivity contribution in [1.29, 1.82) is 0 Å². The molecule has 0 radical (unpaired) electrons. The minimum atomic E-state index is -0.199. The van der Waals surface area contributed by atoms with Crippen LogP contribution in [0.4, 0.5) is 5.82 Å². The van der Waals surface area contributed by atoms with E-state index in [1.165, 1.54) is 0 Å². The molecule has 6 heteroatoms. The maximum atomic E-state index is 11.8. The summed E-state index contributed by atoms with van der Waals surface area (Å²) in [5.41, 5.74) is 1.43. The predicted octanol–water partition coefficient (Wildman–Crippen LogP) is 2.13. The minimum absolute atomic E-state index is 0.199. The minimum Gasteiger partial charge on any atom is -0.307 e. The molecule has 2 aromatic rings. The standard InChI is InChI=1S/C10H9BrN4O/c1-6-5-13-15-9(6)14-10(16)7-2-3-12-8(11)4-7/h2-5H,1H3,(H2,13,14,15,16). The Hall–Kier alpha value is -1.69. The molecule has 0 aliphatic heterocycles. The molecule has 0 spiro atoms. The Bertz CT molecular complexity index is 523. The molecule has 0 aliphatic rings. The lowest BCUT2D eigenvalue weighted by Gasteiger charge is -2.03. The third-order valence-corrected chi connectivity index (χ3v) is 2.49. The Balaban J connectivity index is 2.18. The average Bonchev–Trinajstić information content (AvgIpc) is 2.64. The fraction of sp³-hybridized carbons (Fsp3) is 0.100. The first-order chi connectivity index (χ1) is 7.66. The van der Waals surface area contributed by atoms with Gasteiger partial charge in [0.1, 0.15) is 10.4 Å². The lowest BCUT2D eigenvalue weighted by molar-refractivity contribution is 0.102. The van der Waals surface area contributed by atoms with E-state index in [9.17, 15) is 4.79 Å². The van der Waals surface area contributed by atoms with Crippen molar-refractivity contribution >= 4 is 27.7 Å². The van der Waals surface area contributed by atoms with Crippen molar-refractivity contribution in [1.82, 2.24) is 15.2 Å². The van der Waals surface area contributed by atoms with Crippen LogP contribution in [0.25, 0.3) is 0 Å². The number of hydrogen-bond acceptors (Lipinski definition) is 3. The van der Waals surface area contributed by atoms with Gasteiger partial charge >= 0.3 is 0 Å². The quantitative estimate of drug-likeness (QED) is 0.828. The molecular weight excluding hydrogens is 272 g/mol. The van der Waals surface area contributed by atoms with Crippen LogP contribution in [0.5, 0.6) is 0 Å². The Kier molecular flexibility index (Phi) is 3.00. The summed E-state index contributed by atoms with van der Waals surface area (Å²) in [6.07, 6.45) is 3.22. The number of aryl methyl sites for hydroxylation is 1. The summed E-state index contributed by atoms with van der Waals surface area (Å²) in [4.78, 5) is 15.8. The molecule has 2 heterocycles. The number of pyridine rings is 1. The number of H-pyrrole nitrogens is 1. The second kappa shape index (κ2) is 4.44. The van der Waals surface area contributed by atoms with Gasteiger partial charge in [0.2, 0.25) is 0 Å². The van der Waals surface area contributed by atoms with Crippen molar-refractivity contribution in [2.24, 2.45) is 0 Å². The highest BCUT2D eigenvalue weighted by atomic mass is 79.9. The molecule has 2 N–H and O–H groups in total. The number of anilines is 1. The molecule has 5 nitrogen and oxygen atoms in total. The predicted molar refractivity (Wildman–Crippen MR) is 63.2 cm³/mol. The van der Waals surface area contributed by atoms with E-state index in [0.29, 0.717) is 16.0 Å². The molecule has 82 valence electrons. The van der Waals surface area contributed by atoms with Crippen molar-refractivity contribution in [2.75, 3.05) is 5.32 Å². The van der Waals surface area contributed by atoms with Gasteiger partial charge in [0.15, 0.2) is 0 Å². The lowest BCUT2D eigenvalue weighted by Crippen LogP contribution is -2.13. The normalized spacial score (nSPS) is 10.1. The van der Waals surface area contributed by atoms with Crippen molar-refractivity contribution in [3.05, 3.63) is 40.3 Å². The third kappa shape index (κ3) is 2.27. The summed E-state index contributed by atoms with van der Waals surface area (Å²) in [7, 11) is 0. The lowest BCUT2D eigenvalue weighted by atomic mass is 10.2. The van der Waals surface area contributed by atoms with Gasteiger partial charge in [0, 0.05) is 17.3 Å². The molecule has 0 saturated carbocycles.